The number of nitrogens with zero attached hydrogens (tertiary/aromatic N) is 2. The Morgan fingerprint density at radius 3 is 2.16 bits per heavy atom. The van der Waals surface area contributed by atoms with Crippen LogP contribution in [-0.2, 0) is 11.3 Å². The zero-order valence-corrected chi connectivity index (χ0v) is 22.6. The van der Waals surface area contributed by atoms with Gasteiger partial charge in [0, 0.05) is 48.6 Å². The molecule has 0 saturated carbocycles. The number of Topliss-reactive ketones (excluding diaryl/α,β-unsaturated/α-hetero) is 1. The standard InChI is InChI=1S/C29H36N2O6/c1-18(2)13-23(32)29-22(17-31-9-11-37-12-10-31)30-21-16-27(36-6)26(35-5)15-20(21)28(29)19-7-8-24(33-3)25(14-19)34-4/h7-8,14-16,18H,9-13,17H2,1-6H3. The van der Waals surface area contributed by atoms with Crippen LogP contribution in [0.5, 0.6) is 23.0 Å². The van der Waals surface area contributed by atoms with Crippen molar-refractivity contribution in [3.8, 4) is 34.1 Å². The molecule has 2 heterocycles. The highest BCUT2D eigenvalue weighted by molar-refractivity contribution is 6.11. The summed E-state index contributed by atoms with van der Waals surface area (Å²) >= 11 is 0. The molecule has 1 saturated heterocycles. The smallest absolute Gasteiger partial charge is 0.165 e. The molecule has 0 aliphatic carbocycles. The normalized spacial score (nSPS) is 14.1. The average Bonchev–Trinajstić information content (AvgIpc) is 2.91. The number of fused-ring (bicyclic) bond motifs is 1. The number of ether oxygens (including phenoxy) is 5. The zero-order valence-electron chi connectivity index (χ0n) is 22.6. The number of morpholine rings is 1. The van der Waals surface area contributed by atoms with E-state index in [-0.39, 0.29) is 11.7 Å². The molecule has 37 heavy (non-hydrogen) atoms. The molecule has 0 N–H and O–H groups in total. The van der Waals surface area contributed by atoms with Crippen molar-refractivity contribution >= 4 is 16.7 Å². The lowest BCUT2D eigenvalue weighted by Gasteiger charge is -2.28. The molecule has 4 rings (SSSR count). The fourth-order valence-electron chi connectivity index (χ4n) is 4.79. The first kappa shape index (κ1) is 26.7. The Balaban J connectivity index is 2.06. The van der Waals surface area contributed by atoms with Crippen LogP contribution in [0.15, 0.2) is 30.3 Å². The maximum Gasteiger partial charge on any atom is 0.165 e. The minimum atomic E-state index is 0.0622. The summed E-state index contributed by atoms with van der Waals surface area (Å²) in [6.45, 7) is 7.56. The van der Waals surface area contributed by atoms with Crippen molar-refractivity contribution in [2.45, 2.75) is 26.8 Å². The fourth-order valence-corrected chi connectivity index (χ4v) is 4.79. The Morgan fingerprint density at radius 2 is 1.54 bits per heavy atom. The molecule has 1 aliphatic rings. The van der Waals surface area contributed by atoms with Crippen molar-refractivity contribution in [1.29, 1.82) is 0 Å². The average molecular weight is 509 g/mol. The van der Waals surface area contributed by atoms with Crippen LogP contribution in [0.1, 0.15) is 36.3 Å². The number of methoxy groups -OCH3 is 4. The second-order valence-corrected chi connectivity index (χ2v) is 9.51. The van der Waals surface area contributed by atoms with Gasteiger partial charge in [-0.05, 0) is 29.7 Å². The number of carbonyl (C=O) groups is 1. The molecule has 0 spiro atoms. The molecule has 1 fully saturated rings. The van der Waals surface area contributed by atoms with E-state index in [1.54, 1.807) is 28.4 Å². The van der Waals surface area contributed by atoms with Crippen molar-refractivity contribution in [1.82, 2.24) is 9.88 Å². The summed E-state index contributed by atoms with van der Waals surface area (Å²) in [5.74, 6) is 2.62. The van der Waals surface area contributed by atoms with Gasteiger partial charge in [-0.1, -0.05) is 19.9 Å². The van der Waals surface area contributed by atoms with Gasteiger partial charge < -0.3 is 23.7 Å². The van der Waals surface area contributed by atoms with Crippen LogP contribution >= 0.6 is 0 Å². The summed E-state index contributed by atoms with van der Waals surface area (Å²) in [5.41, 5.74) is 3.75. The van der Waals surface area contributed by atoms with Gasteiger partial charge in [-0.3, -0.25) is 14.7 Å². The number of rotatable bonds is 10. The van der Waals surface area contributed by atoms with Crippen LogP contribution in [0.3, 0.4) is 0 Å². The quantitative estimate of drug-likeness (QED) is 0.354. The predicted octanol–water partition coefficient (Wildman–Crippen LogP) is 5.00. The third-order valence-corrected chi connectivity index (χ3v) is 6.59. The van der Waals surface area contributed by atoms with Gasteiger partial charge >= 0.3 is 0 Å². The Kier molecular flexibility index (Phi) is 8.51. The van der Waals surface area contributed by atoms with Crippen LogP contribution in [0, 0.1) is 5.92 Å². The van der Waals surface area contributed by atoms with E-state index < -0.39 is 0 Å². The molecule has 0 bridgehead atoms. The lowest BCUT2D eigenvalue weighted by molar-refractivity contribution is 0.0336. The third-order valence-electron chi connectivity index (χ3n) is 6.59. The van der Waals surface area contributed by atoms with Crippen molar-refractivity contribution in [3.05, 3.63) is 41.6 Å². The molecule has 1 aromatic heterocycles. The second-order valence-electron chi connectivity index (χ2n) is 9.51. The highest BCUT2D eigenvalue weighted by Gasteiger charge is 2.26. The topological polar surface area (TPSA) is 79.4 Å². The van der Waals surface area contributed by atoms with E-state index in [4.69, 9.17) is 28.7 Å². The molecular weight excluding hydrogens is 472 g/mol. The molecular formula is C29H36N2O6. The van der Waals surface area contributed by atoms with Crippen LogP contribution in [0.4, 0.5) is 0 Å². The number of aromatic nitrogens is 1. The lowest BCUT2D eigenvalue weighted by Crippen LogP contribution is -2.36. The number of hydrogen-bond acceptors (Lipinski definition) is 8. The zero-order chi connectivity index (χ0) is 26.5. The molecule has 2 aromatic carbocycles. The fraction of sp³-hybridized carbons (Fsp3) is 0.448. The second kappa shape index (κ2) is 11.8. The number of ketones is 1. The summed E-state index contributed by atoms with van der Waals surface area (Å²) in [6.07, 6.45) is 0.414. The van der Waals surface area contributed by atoms with Crippen molar-refractivity contribution in [2.75, 3.05) is 54.7 Å². The molecule has 3 aromatic rings. The van der Waals surface area contributed by atoms with Crippen molar-refractivity contribution in [3.63, 3.8) is 0 Å². The molecule has 0 radical (unpaired) electrons. The Bertz CT molecular complexity index is 1270. The van der Waals surface area contributed by atoms with Gasteiger partial charge in [0.2, 0.25) is 0 Å². The van der Waals surface area contributed by atoms with Crippen LogP contribution in [0.25, 0.3) is 22.0 Å². The summed E-state index contributed by atoms with van der Waals surface area (Å²) in [7, 11) is 6.42. The Morgan fingerprint density at radius 1 is 0.919 bits per heavy atom. The van der Waals surface area contributed by atoms with Gasteiger partial charge in [0.25, 0.3) is 0 Å². The molecule has 8 heteroatoms. The van der Waals surface area contributed by atoms with Crippen LogP contribution in [0.2, 0.25) is 0 Å². The van der Waals surface area contributed by atoms with Gasteiger partial charge in [0.15, 0.2) is 28.8 Å². The Labute approximate surface area is 218 Å². The SMILES string of the molecule is COc1ccc(-c2c(C(=O)CC(C)C)c(CN3CCOCC3)nc3cc(OC)c(OC)cc23)cc1OC. The molecule has 198 valence electrons. The van der Waals surface area contributed by atoms with Gasteiger partial charge in [0.05, 0.1) is 52.9 Å². The first-order valence-electron chi connectivity index (χ1n) is 12.5. The number of hydrogen-bond donors (Lipinski definition) is 0. The number of carbonyl (C=O) groups excluding carboxylic acids is 1. The summed E-state index contributed by atoms with van der Waals surface area (Å²) in [6, 6.07) is 9.50. The van der Waals surface area contributed by atoms with Crippen LogP contribution < -0.4 is 18.9 Å². The first-order chi connectivity index (χ1) is 17.9. The first-order valence-corrected chi connectivity index (χ1v) is 12.5. The maximum atomic E-state index is 13.9. The van der Waals surface area contributed by atoms with E-state index in [1.165, 1.54) is 0 Å². The van der Waals surface area contributed by atoms with E-state index >= 15 is 0 Å². The summed E-state index contributed by atoms with van der Waals surface area (Å²) in [4.78, 5) is 21.2. The molecule has 0 unspecified atom stereocenters. The molecule has 8 nitrogen and oxygen atoms in total. The number of pyridine rings is 1. The van der Waals surface area contributed by atoms with E-state index in [1.807, 2.05) is 30.3 Å². The number of benzene rings is 2. The van der Waals surface area contributed by atoms with Gasteiger partial charge in [0.1, 0.15) is 0 Å². The van der Waals surface area contributed by atoms with E-state index in [2.05, 4.69) is 18.7 Å². The summed E-state index contributed by atoms with van der Waals surface area (Å²) < 4.78 is 27.9. The minimum absolute atomic E-state index is 0.0622. The highest BCUT2D eigenvalue weighted by atomic mass is 16.5. The highest BCUT2D eigenvalue weighted by Crippen LogP contribution is 2.42. The van der Waals surface area contributed by atoms with Crippen molar-refractivity contribution < 1.29 is 28.5 Å². The monoisotopic (exact) mass is 508 g/mol. The van der Waals surface area contributed by atoms with E-state index in [0.29, 0.717) is 54.7 Å². The van der Waals surface area contributed by atoms with Crippen molar-refractivity contribution in [2.24, 2.45) is 5.92 Å². The minimum Gasteiger partial charge on any atom is -0.493 e. The van der Waals surface area contributed by atoms with Gasteiger partial charge in [-0.25, -0.2) is 0 Å². The Hall–Kier alpha value is -3.36. The predicted molar refractivity (Wildman–Crippen MR) is 143 cm³/mol. The third kappa shape index (κ3) is 5.65. The van der Waals surface area contributed by atoms with Gasteiger partial charge in [-0.15, -0.1) is 0 Å². The van der Waals surface area contributed by atoms with Gasteiger partial charge in [-0.2, -0.15) is 0 Å². The van der Waals surface area contributed by atoms with Crippen LogP contribution in [-0.4, -0.2) is 70.4 Å². The lowest BCUT2D eigenvalue weighted by atomic mass is 9.88. The van der Waals surface area contributed by atoms with E-state index in [9.17, 15) is 4.79 Å². The largest absolute Gasteiger partial charge is 0.493 e. The summed E-state index contributed by atoms with van der Waals surface area (Å²) in [5, 5.41) is 0.808. The van der Waals surface area contributed by atoms with E-state index in [0.717, 1.165) is 40.8 Å². The molecule has 1 aliphatic heterocycles. The molecule has 0 atom stereocenters. The molecule has 0 amide bonds. The maximum absolute atomic E-state index is 13.9.